The van der Waals surface area contributed by atoms with E-state index >= 15 is 0 Å². The molecule has 1 aliphatic heterocycles. The van der Waals surface area contributed by atoms with E-state index in [1.165, 1.54) is 30.3 Å². The second-order valence-corrected chi connectivity index (χ2v) is 7.62. The maximum absolute atomic E-state index is 14.1. The first-order valence-corrected chi connectivity index (χ1v) is 10.5. The van der Waals surface area contributed by atoms with E-state index in [-0.39, 0.29) is 41.5 Å². The van der Waals surface area contributed by atoms with Gasteiger partial charge in [0.15, 0.2) is 5.96 Å². The predicted octanol–water partition coefficient (Wildman–Crippen LogP) is 3.89. The van der Waals surface area contributed by atoms with Crippen molar-refractivity contribution in [3.63, 3.8) is 0 Å². The number of aliphatic imine (C=N–C) groups is 1. The molecular weight excluding hydrogens is 544 g/mol. The standard InChI is InChI=1S/C23H25F3N6.HI/c1-27-23(29-18-10-13-31(15-18)22-20(25)3-2-4-21(22)26)28-12-9-17-11-14-32(30-17)19-7-5-16(24)6-8-19;/h2-8,11,14,18H,9-10,12-13,15H2,1H3,(H2,27,28,29);1H. The van der Waals surface area contributed by atoms with Crippen LogP contribution in [0.1, 0.15) is 12.1 Å². The largest absolute Gasteiger partial charge is 0.365 e. The van der Waals surface area contributed by atoms with Crippen LogP contribution in [0, 0.1) is 17.5 Å². The van der Waals surface area contributed by atoms with E-state index in [0.717, 1.165) is 17.8 Å². The molecule has 1 atom stereocenters. The summed E-state index contributed by atoms with van der Waals surface area (Å²) in [6, 6.07) is 12.0. The first kappa shape index (κ1) is 24.9. The van der Waals surface area contributed by atoms with E-state index in [1.54, 1.807) is 28.8 Å². The van der Waals surface area contributed by atoms with Crippen LogP contribution in [-0.2, 0) is 6.42 Å². The summed E-state index contributed by atoms with van der Waals surface area (Å²) in [6.07, 6.45) is 3.26. The van der Waals surface area contributed by atoms with Gasteiger partial charge in [-0.3, -0.25) is 4.99 Å². The number of nitrogens with zero attached hydrogens (tertiary/aromatic N) is 4. The number of halogens is 4. The van der Waals surface area contributed by atoms with Gasteiger partial charge in [-0.2, -0.15) is 5.10 Å². The Labute approximate surface area is 207 Å². The zero-order chi connectivity index (χ0) is 22.5. The van der Waals surface area contributed by atoms with Crippen LogP contribution in [0.2, 0.25) is 0 Å². The number of anilines is 1. The van der Waals surface area contributed by atoms with Crippen molar-refractivity contribution in [1.82, 2.24) is 20.4 Å². The van der Waals surface area contributed by atoms with Gasteiger partial charge in [0.1, 0.15) is 23.1 Å². The number of aromatic nitrogens is 2. The molecule has 1 saturated heterocycles. The second-order valence-electron chi connectivity index (χ2n) is 7.62. The molecule has 1 unspecified atom stereocenters. The van der Waals surface area contributed by atoms with Crippen molar-refractivity contribution in [1.29, 1.82) is 0 Å². The second kappa shape index (κ2) is 11.4. The Bertz CT molecular complexity index is 1070. The van der Waals surface area contributed by atoms with E-state index in [2.05, 4.69) is 20.7 Å². The van der Waals surface area contributed by atoms with Gasteiger partial charge in [0, 0.05) is 45.3 Å². The molecule has 4 rings (SSSR count). The molecule has 0 aliphatic carbocycles. The number of benzene rings is 2. The first-order valence-electron chi connectivity index (χ1n) is 10.5. The fraction of sp³-hybridized carbons (Fsp3) is 0.304. The fourth-order valence-corrected chi connectivity index (χ4v) is 3.80. The Kier molecular flexibility index (Phi) is 8.59. The maximum atomic E-state index is 14.1. The van der Waals surface area contributed by atoms with Crippen LogP contribution in [0.3, 0.4) is 0 Å². The Morgan fingerprint density at radius 1 is 1.09 bits per heavy atom. The van der Waals surface area contributed by atoms with Crippen LogP contribution in [0.15, 0.2) is 59.7 Å². The highest BCUT2D eigenvalue weighted by Gasteiger charge is 2.27. The summed E-state index contributed by atoms with van der Waals surface area (Å²) in [5.74, 6) is -0.751. The molecule has 0 radical (unpaired) electrons. The van der Waals surface area contributed by atoms with Gasteiger partial charge in [-0.05, 0) is 48.9 Å². The number of rotatable bonds is 6. The minimum Gasteiger partial charge on any atom is -0.365 e. The molecule has 2 N–H and O–H groups in total. The normalized spacial score (nSPS) is 15.9. The third-order valence-electron chi connectivity index (χ3n) is 5.42. The summed E-state index contributed by atoms with van der Waals surface area (Å²) in [7, 11) is 1.68. The SMILES string of the molecule is CN=C(NCCc1ccn(-c2ccc(F)cc2)n1)NC1CCN(c2c(F)cccc2F)C1.I. The number of nitrogens with one attached hydrogen (secondary N) is 2. The smallest absolute Gasteiger partial charge is 0.191 e. The molecule has 10 heteroatoms. The monoisotopic (exact) mass is 570 g/mol. The summed E-state index contributed by atoms with van der Waals surface area (Å²) >= 11 is 0. The molecule has 0 amide bonds. The van der Waals surface area contributed by atoms with Gasteiger partial charge in [0.2, 0.25) is 0 Å². The topological polar surface area (TPSA) is 57.5 Å². The molecule has 0 saturated carbocycles. The zero-order valence-electron chi connectivity index (χ0n) is 18.1. The van der Waals surface area contributed by atoms with Gasteiger partial charge in [-0.15, -0.1) is 24.0 Å². The molecule has 1 aliphatic rings. The summed E-state index contributed by atoms with van der Waals surface area (Å²) in [5.41, 5.74) is 1.70. The number of guanidine groups is 1. The van der Waals surface area contributed by atoms with Gasteiger partial charge < -0.3 is 15.5 Å². The third kappa shape index (κ3) is 6.18. The first-order chi connectivity index (χ1) is 15.5. The van der Waals surface area contributed by atoms with Crippen molar-refractivity contribution >= 4 is 35.6 Å². The number of hydrogen-bond donors (Lipinski definition) is 2. The molecule has 33 heavy (non-hydrogen) atoms. The van der Waals surface area contributed by atoms with Gasteiger partial charge in [-0.1, -0.05) is 6.07 Å². The minimum atomic E-state index is -0.548. The zero-order valence-corrected chi connectivity index (χ0v) is 20.5. The lowest BCUT2D eigenvalue weighted by atomic mass is 10.2. The molecule has 2 aromatic carbocycles. The molecule has 0 bridgehead atoms. The van der Waals surface area contributed by atoms with Crippen molar-refractivity contribution in [3.05, 3.63) is 77.9 Å². The Hall–Kier alpha value is -2.76. The highest BCUT2D eigenvalue weighted by molar-refractivity contribution is 14.0. The molecule has 1 aromatic heterocycles. The Morgan fingerprint density at radius 3 is 2.52 bits per heavy atom. The maximum Gasteiger partial charge on any atom is 0.191 e. The van der Waals surface area contributed by atoms with E-state index in [9.17, 15) is 13.2 Å². The van der Waals surface area contributed by atoms with Crippen LogP contribution < -0.4 is 15.5 Å². The highest BCUT2D eigenvalue weighted by atomic mass is 127. The van der Waals surface area contributed by atoms with E-state index in [0.29, 0.717) is 32.0 Å². The van der Waals surface area contributed by atoms with Crippen molar-refractivity contribution in [2.24, 2.45) is 4.99 Å². The summed E-state index contributed by atoms with van der Waals surface area (Å²) in [4.78, 5) is 5.96. The number of hydrogen-bond acceptors (Lipinski definition) is 3. The molecule has 0 spiro atoms. The van der Waals surface area contributed by atoms with Crippen LogP contribution in [-0.4, -0.2) is 48.5 Å². The van der Waals surface area contributed by atoms with Crippen LogP contribution in [0.4, 0.5) is 18.9 Å². The average molecular weight is 570 g/mol. The van der Waals surface area contributed by atoms with Crippen molar-refractivity contribution in [2.75, 3.05) is 31.6 Å². The predicted molar refractivity (Wildman–Crippen MR) is 134 cm³/mol. The lowest BCUT2D eigenvalue weighted by Gasteiger charge is -2.21. The van der Waals surface area contributed by atoms with Crippen molar-refractivity contribution in [2.45, 2.75) is 18.9 Å². The van der Waals surface area contributed by atoms with E-state index in [4.69, 9.17) is 0 Å². The van der Waals surface area contributed by atoms with E-state index < -0.39 is 11.6 Å². The molecule has 6 nitrogen and oxygen atoms in total. The minimum absolute atomic E-state index is 0. The third-order valence-corrected chi connectivity index (χ3v) is 5.42. The Morgan fingerprint density at radius 2 is 1.82 bits per heavy atom. The van der Waals surface area contributed by atoms with Gasteiger partial charge in [0.05, 0.1) is 11.4 Å². The summed E-state index contributed by atoms with van der Waals surface area (Å²) in [5, 5.41) is 11.1. The average Bonchev–Trinajstić information content (AvgIpc) is 3.43. The Balaban J connectivity index is 0.00000306. The fourth-order valence-electron chi connectivity index (χ4n) is 3.80. The van der Waals surface area contributed by atoms with Crippen molar-refractivity contribution in [3.8, 4) is 5.69 Å². The van der Waals surface area contributed by atoms with Crippen LogP contribution >= 0.6 is 24.0 Å². The van der Waals surface area contributed by atoms with Gasteiger partial charge in [-0.25, -0.2) is 17.9 Å². The summed E-state index contributed by atoms with van der Waals surface area (Å²) in [6.45, 7) is 1.66. The highest BCUT2D eigenvalue weighted by Crippen LogP contribution is 2.26. The van der Waals surface area contributed by atoms with E-state index in [1.807, 2.05) is 12.3 Å². The molecule has 176 valence electrons. The lowest BCUT2D eigenvalue weighted by molar-refractivity contribution is 0.576. The van der Waals surface area contributed by atoms with Crippen LogP contribution in [0.5, 0.6) is 0 Å². The molecule has 1 fully saturated rings. The lowest BCUT2D eigenvalue weighted by Crippen LogP contribution is -2.45. The quantitative estimate of drug-likeness (QED) is 0.269. The van der Waals surface area contributed by atoms with Crippen molar-refractivity contribution < 1.29 is 13.2 Å². The summed E-state index contributed by atoms with van der Waals surface area (Å²) < 4.78 is 42.9. The van der Waals surface area contributed by atoms with Crippen LogP contribution in [0.25, 0.3) is 5.69 Å². The molecule has 3 aromatic rings. The molecular formula is C23H26F3IN6. The number of para-hydroxylation sites is 1. The van der Waals surface area contributed by atoms with Gasteiger partial charge >= 0.3 is 0 Å². The van der Waals surface area contributed by atoms with Gasteiger partial charge in [0.25, 0.3) is 0 Å². The molecule has 2 heterocycles.